The maximum Gasteiger partial charge on any atom is 0.127 e. The highest BCUT2D eigenvalue weighted by molar-refractivity contribution is 7.80. The second-order valence-corrected chi connectivity index (χ2v) is 6.10. The van der Waals surface area contributed by atoms with E-state index >= 15 is 0 Å². The van der Waals surface area contributed by atoms with Crippen molar-refractivity contribution in [1.29, 1.82) is 0 Å². The number of rotatable bonds is 6. The summed E-state index contributed by atoms with van der Waals surface area (Å²) in [5, 5.41) is 9.28. The summed E-state index contributed by atoms with van der Waals surface area (Å²) < 4.78 is 14.0. The average molecular weight is 310 g/mol. The first-order chi connectivity index (χ1) is 10.1. The Morgan fingerprint density at radius 2 is 2.05 bits per heavy atom. The topological polar surface area (TPSA) is 49.5 Å². The third-order valence-corrected chi connectivity index (χ3v) is 4.42. The molecule has 0 bridgehead atoms. The van der Waals surface area contributed by atoms with Crippen LogP contribution in [0.1, 0.15) is 43.2 Å². The van der Waals surface area contributed by atoms with Gasteiger partial charge < -0.3 is 10.8 Å². The molecule has 1 aliphatic carbocycles. The second kappa shape index (κ2) is 7.82. The maximum absolute atomic E-state index is 14.0. The van der Waals surface area contributed by atoms with Gasteiger partial charge in [0.2, 0.25) is 0 Å². The summed E-state index contributed by atoms with van der Waals surface area (Å²) in [5.41, 5.74) is 6.91. The van der Waals surface area contributed by atoms with E-state index in [1.54, 1.807) is 12.1 Å². The molecule has 0 radical (unpaired) electrons. The van der Waals surface area contributed by atoms with Gasteiger partial charge in [0.15, 0.2) is 0 Å². The standard InChI is InChI=1S/C16H23FN2OS/c17-15-7-6-12(16(18)21)10-13(15)11-19(8-9-20)14-4-2-1-3-5-14/h6-7,10,14,20H,1-5,8-9,11H2,(H2,18,21). The van der Waals surface area contributed by atoms with Crippen LogP contribution in [0, 0.1) is 5.82 Å². The van der Waals surface area contributed by atoms with Crippen LogP contribution in [0.4, 0.5) is 4.39 Å². The fourth-order valence-electron chi connectivity index (χ4n) is 3.03. The van der Waals surface area contributed by atoms with Gasteiger partial charge in [0.05, 0.1) is 6.61 Å². The van der Waals surface area contributed by atoms with Gasteiger partial charge in [-0.3, -0.25) is 4.90 Å². The molecular formula is C16H23FN2OS. The Morgan fingerprint density at radius 1 is 1.33 bits per heavy atom. The number of hydrogen-bond donors (Lipinski definition) is 2. The third kappa shape index (κ3) is 4.46. The van der Waals surface area contributed by atoms with Crippen molar-refractivity contribution in [3.8, 4) is 0 Å². The zero-order chi connectivity index (χ0) is 15.2. The lowest BCUT2D eigenvalue weighted by Gasteiger charge is -2.34. The molecule has 2 rings (SSSR count). The second-order valence-electron chi connectivity index (χ2n) is 5.66. The summed E-state index contributed by atoms with van der Waals surface area (Å²) in [6.07, 6.45) is 5.94. The van der Waals surface area contributed by atoms with E-state index in [1.165, 1.54) is 25.3 Å². The van der Waals surface area contributed by atoms with Crippen molar-refractivity contribution >= 4 is 17.2 Å². The number of aliphatic hydroxyl groups excluding tert-OH is 1. The van der Waals surface area contributed by atoms with E-state index in [9.17, 15) is 9.50 Å². The summed E-state index contributed by atoms with van der Waals surface area (Å²) in [7, 11) is 0. The SMILES string of the molecule is NC(=S)c1ccc(F)c(CN(CCO)C2CCCCC2)c1. The van der Waals surface area contributed by atoms with Crippen LogP contribution in [-0.2, 0) is 6.54 Å². The zero-order valence-corrected chi connectivity index (χ0v) is 13.0. The van der Waals surface area contributed by atoms with Gasteiger partial charge in [-0.25, -0.2) is 4.39 Å². The van der Waals surface area contributed by atoms with Gasteiger partial charge in [-0.1, -0.05) is 31.5 Å². The van der Waals surface area contributed by atoms with Crippen LogP contribution < -0.4 is 5.73 Å². The van der Waals surface area contributed by atoms with Crippen LogP contribution in [0.15, 0.2) is 18.2 Å². The van der Waals surface area contributed by atoms with Crippen molar-refractivity contribution in [2.24, 2.45) is 5.73 Å². The normalized spacial score (nSPS) is 16.3. The van der Waals surface area contributed by atoms with Crippen molar-refractivity contribution in [3.05, 3.63) is 35.1 Å². The van der Waals surface area contributed by atoms with E-state index in [1.807, 2.05) is 0 Å². The third-order valence-electron chi connectivity index (χ3n) is 4.18. The first-order valence-corrected chi connectivity index (χ1v) is 7.95. The Morgan fingerprint density at radius 3 is 2.67 bits per heavy atom. The molecule has 1 saturated carbocycles. The number of nitrogens with zero attached hydrogens (tertiary/aromatic N) is 1. The molecule has 1 aromatic rings. The van der Waals surface area contributed by atoms with Crippen molar-refractivity contribution in [2.45, 2.75) is 44.7 Å². The first-order valence-electron chi connectivity index (χ1n) is 7.55. The summed E-state index contributed by atoms with van der Waals surface area (Å²) in [5.74, 6) is -0.242. The van der Waals surface area contributed by atoms with Gasteiger partial charge >= 0.3 is 0 Å². The highest BCUT2D eigenvalue weighted by Crippen LogP contribution is 2.24. The largest absolute Gasteiger partial charge is 0.395 e. The molecule has 0 spiro atoms. The van der Waals surface area contributed by atoms with E-state index in [0.717, 1.165) is 12.8 Å². The number of halogens is 1. The van der Waals surface area contributed by atoms with E-state index in [0.29, 0.717) is 30.3 Å². The van der Waals surface area contributed by atoms with Gasteiger partial charge in [-0.2, -0.15) is 0 Å². The molecule has 5 heteroatoms. The molecular weight excluding hydrogens is 287 g/mol. The molecule has 0 aliphatic heterocycles. The first kappa shape index (κ1) is 16.3. The van der Waals surface area contributed by atoms with Crippen molar-refractivity contribution in [2.75, 3.05) is 13.2 Å². The molecule has 0 aromatic heterocycles. The Balaban J connectivity index is 2.15. The molecule has 0 amide bonds. The Hall–Kier alpha value is -1.04. The summed E-state index contributed by atoms with van der Waals surface area (Å²) >= 11 is 4.96. The van der Waals surface area contributed by atoms with Gasteiger partial charge in [-0.15, -0.1) is 0 Å². The molecule has 1 fully saturated rings. The van der Waals surface area contributed by atoms with Crippen LogP contribution >= 0.6 is 12.2 Å². The molecule has 21 heavy (non-hydrogen) atoms. The van der Waals surface area contributed by atoms with E-state index in [2.05, 4.69) is 4.90 Å². The molecule has 1 aromatic carbocycles. The summed E-state index contributed by atoms with van der Waals surface area (Å²) in [6, 6.07) is 5.18. The molecule has 0 unspecified atom stereocenters. The number of hydrogen-bond acceptors (Lipinski definition) is 3. The maximum atomic E-state index is 14.0. The van der Waals surface area contributed by atoms with Gasteiger partial charge in [0.1, 0.15) is 10.8 Å². The lowest BCUT2D eigenvalue weighted by Crippen LogP contribution is -2.38. The van der Waals surface area contributed by atoms with Crippen molar-refractivity contribution < 1.29 is 9.50 Å². The van der Waals surface area contributed by atoms with Crippen LogP contribution in [-0.4, -0.2) is 34.2 Å². The lowest BCUT2D eigenvalue weighted by molar-refractivity contribution is 0.116. The minimum atomic E-state index is -0.242. The average Bonchev–Trinajstić information content (AvgIpc) is 2.49. The molecule has 0 heterocycles. The predicted octanol–water partition coefficient (Wildman–Crippen LogP) is 2.59. The Bertz CT molecular complexity index is 489. The molecule has 0 atom stereocenters. The van der Waals surface area contributed by atoms with Gasteiger partial charge in [0.25, 0.3) is 0 Å². The van der Waals surface area contributed by atoms with Crippen molar-refractivity contribution in [3.63, 3.8) is 0 Å². The predicted molar refractivity (Wildman–Crippen MR) is 86.7 cm³/mol. The molecule has 1 aliphatic rings. The van der Waals surface area contributed by atoms with Crippen LogP contribution in [0.5, 0.6) is 0 Å². The van der Waals surface area contributed by atoms with E-state index in [4.69, 9.17) is 18.0 Å². The van der Waals surface area contributed by atoms with Crippen LogP contribution in [0.2, 0.25) is 0 Å². The van der Waals surface area contributed by atoms with Gasteiger partial charge in [0, 0.05) is 30.3 Å². The van der Waals surface area contributed by atoms with E-state index in [-0.39, 0.29) is 17.4 Å². The smallest absolute Gasteiger partial charge is 0.127 e. The quantitative estimate of drug-likeness (QED) is 0.793. The highest BCUT2D eigenvalue weighted by atomic mass is 32.1. The molecule has 116 valence electrons. The zero-order valence-electron chi connectivity index (χ0n) is 12.2. The fraction of sp³-hybridized carbons (Fsp3) is 0.562. The number of nitrogens with two attached hydrogens (primary N) is 1. The number of aliphatic hydroxyl groups is 1. The summed E-state index contributed by atoms with van der Waals surface area (Å²) in [4.78, 5) is 2.46. The van der Waals surface area contributed by atoms with Crippen LogP contribution in [0.25, 0.3) is 0 Å². The fourth-order valence-corrected chi connectivity index (χ4v) is 3.16. The van der Waals surface area contributed by atoms with Crippen LogP contribution in [0.3, 0.4) is 0 Å². The van der Waals surface area contributed by atoms with E-state index < -0.39 is 0 Å². The lowest BCUT2D eigenvalue weighted by atomic mass is 9.93. The Kier molecular flexibility index (Phi) is 6.08. The number of thiocarbonyl (C=S) groups is 1. The summed E-state index contributed by atoms with van der Waals surface area (Å²) in [6.45, 7) is 1.15. The van der Waals surface area contributed by atoms with Crippen molar-refractivity contribution in [1.82, 2.24) is 4.90 Å². The molecule has 0 saturated heterocycles. The van der Waals surface area contributed by atoms with Gasteiger partial charge in [-0.05, 0) is 31.0 Å². The minimum Gasteiger partial charge on any atom is -0.395 e. The molecule has 3 N–H and O–H groups in total. The molecule has 3 nitrogen and oxygen atoms in total. The number of benzene rings is 1. The minimum absolute atomic E-state index is 0.0904. The Labute approximate surface area is 130 Å². The monoisotopic (exact) mass is 310 g/mol. The highest BCUT2D eigenvalue weighted by Gasteiger charge is 2.22.